The van der Waals surface area contributed by atoms with Crippen molar-refractivity contribution in [1.29, 1.82) is 0 Å². The summed E-state index contributed by atoms with van der Waals surface area (Å²) in [6.45, 7) is 1.19. The fourth-order valence-corrected chi connectivity index (χ4v) is 3.69. The van der Waals surface area contributed by atoms with Gasteiger partial charge < -0.3 is 15.2 Å². The van der Waals surface area contributed by atoms with Crippen molar-refractivity contribution in [3.8, 4) is 0 Å². The number of H-pyrrole nitrogens is 1. The number of pyridine rings is 1. The van der Waals surface area contributed by atoms with Gasteiger partial charge in [-0.15, -0.1) is 11.3 Å². The molecule has 2 N–H and O–H groups in total. The maximum Gasteiger partial charge on any atom is 0.318 e. The number of urea groups is 1. The Morgan fingerprint density at radius 1 is 1.42 bits per heavy atom. The average molecular weight is 339 g/mol. The van der Waals surface area contributed by atoms with Gasteiger partial charge in [0.25, 0.3) is 0 Å². The van der Waals surface area contributed by atoms with Gasteiger partial charge in [-0.3, -0.25) is 4.98 Å². The van der Waals surface area contributed by atoms with Crippen LogP contribution in [0.2, 0.25) is 0 Å². The minimum Gasteiger partial charge on any atom is -0.348 e. The largest absolute Gasteiger partial charge is 0.348 e. The number of nitrogens with zero attached hydrogens (tertiary/aromatic N) is 3. The second-order valence-corrected chi connectivity index (χ2v) is 6.67. The Morgan fingerprint density at radius 3 is 3.17 bits per heavy atom. The summed E-state index contributed by atoms with van der Waals surface area (Å²) in [7, 11) is 0. The number of imidazole rings is 1. The van der Waals surface area contributed by atoms with E-state index in [0.717, 1.165) is 28.2 Å². The van der Waals surface area contributed by atoms with E-state index in [1.807, 2.05) is 34.5 Å². The van der Waals surface area contributed by atoms with Crippen molar-refractivity contribution in [1.82, 2.24) is 25.2 Å². The van der Waals surface area contributed by atoms with Crippen molar-refractivity contribution in [3.63, 3.8) is 0 Å². The van der Waals surface area contributed by atoms with Crippen LogP contribution in [0.5, 0.6) is 0 Å². The molecule has 7 heteroatoms. The molecule has 0 fully saturated rings. The monoisotopic (exact) mass is 339 g/mol. The molecule has 1 unspecified atom stereocenters. The van der Waals surface area contributed by atoms with Gasteiger partial charge >= 0.3 is 6.03 Å². The minimum absolute atomic E-state index is 0.0779. The van der Waals surface area contributed by atoms with Gasteiger partial charge in [0, 0.05) is 35.9 Å². The van der Waals surface area contributed by atoms with Crippen LogP contribution in [0, 0.1) is 0 Å². The fourth-order valence-electron chi connectivity index (χ4n) is 3.05. The third kappa shape index (κ3) is 2.78. The van der Waals surface area contributed by atoms with E-state index in [2.05, 4.69) is 20.3 Å². The molecule has 3 aromatic rings. The fraction of sp³-hybridized carbons (Fsp3) is 0.235. The molecule has 4 rings (SSSR count). The number of nitrogens with one attached hydrogen (secondary N) is 2. The van der Waals surface area contributed by atoms with Gasteiger partial charge in [-0.2, -0.15) is 0 Å². The summed E-state index contributed by atoms with van der Waals surface area (Å²) < 4.78 is 0. The SMILES string of the molecule is O=C(NCc1cccs1)N1CCc2[nH]cnc2C1c1cccnc1. The van der Waals surface area contributed by atoms with Crippen molar-refractivity contribution >= 4 is 17.4 Å². The number of carbonyl (C=O) groups excluding carboxylic acids is 1. The highest BCUT2D eigenvalue weighted by atomic mass is 32.1. The van der Waals surface area contributed by atoms with E-state index in [0.29, 0.717) is 13.1 Å². The molecule has 3 aromatic heterocycles. The number of amides is 2. The Kier molecular flexibility index (Phi) is 4.00. The van der Waals surface area contributed by atoms with Crippen molar-refractivity contribution < 1.29 is 4.79 Å². The normalized spacial score (nSPS) is 16.7. The van der Waals surface area contributed by atoms with Crippen molar-refractivity contribution in [3.05, 3.63) is 70.2 Å². The Bertz CT molecular complexity index is 815. The first-order chi connectivity index (χ1) is 11.8. The molecule has 0 aliphatic carbocycles. The lowest BCUT2D eigenvalue weighted by molar-refractivity contribution is 0.178. The molecule has 0 bridgehead atoms. The molecule has 24 heavy (non-hydrogen) atoms. The van der Waals surface area contributed by atoms with Crippen molar-refractivity contribution in [2.24, 2.45) is 0 Å². The van der Waals surface area contributed by atoms with Crippen LogP contribution in [0.15, 0.2) is 48.4 Å². The van der Waals surface area contributed by atoms with Gasteiger partial charge in [-0.05, 0) is 23.1 Å². The Balaban J connectivity index is 1.60. The van der Waals surface area contributed by atoms with E-state index in [-0.39, 0.29) is 12.1 Å². The van der Waals surface area contributed by atoms with Gasteiger partial charge in [0.05, 0.1) is 18.6 Å². The average Bonchev–Trinajstić information content (AvgIpc) is 3.30. The summed E-state index contributed by atoms with van der Waals surface area (Å²) in [4.78, 5) is 27.6. The number of rotatable bonds is 3. The topological polar surface area (TPSA) is 73.9 Å². The molecule has 2 amide bonds. The van der Waals surface area contributed by atoms with Gasteiger partial charge in [-0.1, -0.05) is 12.1 Å². The third-order valence-corrected chi connectivity index (χ3v) is 5.06. The molecular formula is C17H17N5OS. The van der Waals surface area contributed by atoms with E-state index < -0.39 is 0 Å². The molecule has 0 radical (unpaired) electrons. The summed E-state index contributed by atoms with van der Waals surface area (Å²) in [5, 5.41) is 5.03. The van der Waals surface area contributed by atoms with E-state index in [4.69, 9.17) is 0 Å². The van der Waals surface area contributed by atoms with E-state index in [1.54, 1.807) is 30.1 Å². The molecule has 4 heterocycles. The van der Waals surface area contributed by atoms with Gasteiger partial charge in [0.15, 0.2) is 0 Å². The second kappa shape index (κ2) is 6.45. The number of carbonyl (C=O) groups is 1. The first-order valence-corrected chi connectivity index (χ1v) is 8.70. The number of fused-ring (bicyclic) bond motifs is 1. The quantitative estimate of drug-likeness (QED) is 0.770. The van der Waals surface area contributed by atoms with Crippen LogP contribution in [0.3, 0.4) is 0 Å². The van der Waals surface area contributed by atoms with Crippen LogP contribution < -0.4 is 5.32 Å². The number of aromatic amines is 1. The highest BCUT2D eigenvalue weighted by Crippen LogP contribution is 2.32. The predicted octanol–water partition coefficient (Wildman–Crippen LogP) is 2.72. The zero-order chi connectivity index (χ0) is 16.4. The number of hydrogen-bond acceptors (Lipinski definition) is 4. The van der Waals surface area contributed by atoms with E-state index in [1.165, 1.54) is 0 Å². The van der Waals surface area contributed by atoms with E-state index in [9.17, 15) is 4.79 Å². The van der Waals surface area contributed by atoms with Gasteiger partial charge in [0.1, 0.15) is 6.04 Å². The molecule has 1 atom stereocenters. The molecule has 1 aliphatic rings. The highest BCUT2D eigenvalue weighted by molar-refractivity contribution is 7.09. The van der Waals surface area contributed by atoms with Crippen LogP contribution in [0.25, 0.3) is 0 Å². The van der Waals surface area contributed by atoms with Crippen molar-refractivity contribution in [2.45, 2.75) is 19.0 Å². The standard InChI is InChI=1S/C17H17N5OS/c23-17(19-10-13-4-2-8-24-13)22-7-5-14-15(21-11-20-14)16(22)12-3-1-6-18-9-12/h1-4,6,8-9,11,16H,5,7,10H2,(H,19,23)(H,20,21). The van der Waals surface area contributed by atoms with Gasteiger partial charge in [0.2, 0.25) is 0 Å². The number of thiophene rings is 1. The highest BCUT2D eigenvalue weighted by Gasteiger charge is 2.34. The molecule has 122 valence electrons. The molecule has 1 aliphatic heterocycles. The first-order valence-electron chi connectivity index (χ1n) is 7.82. The zero-order valence-electron chi connectivity index (χ0n) is 13.0. The zero-order valence-corrected chi connectivity index (χ0v) is 13.8. The summed E-state index contributed by atoms with van der Waals surface area (Å²) in [6.07, 6.45) is 6.01. The second-order valence-electron chi connectivity index (χ2n) is 5.64. The maximum absolute atomic E-state index is 12.8. The van der Waals surface area contributed by atoms with Crippen LogP contribution in [0.4, 0.5) is 4.79 Å². The summed E-state index contributed by atoms with van der Waals surface area (Å²) in [6, 6.07) is 7.59. The molecule has 0 saturated carbocycles. The smallest absolute Gasteiger partial charge is 0.318 e. The molecule has 6 nitrogen and oxygen atoms in total. The molecular weight excluding hydrogens is 322 g/mol. The molecule has 0 spiro atoms. The lowest BCUT2D eigenvalue weighted by atomic mass is 9.97. The maximum atomic E-state index is 12.8. The van der Waals surface area contributed by atoms with Crippen molar-refractivity contribution in [2.75, 3.05) is 6.54 Å². The Hall–Kier alpha value is -2.67. The van der Waals surface area contributed by atoms with Crippen LogP contribution in [0.1, 0.15) is 27.9 Å². The minimum atomic E-state index is -0.211. The van der Waals surface area contributed by atoms with Gasteiger partial charge in [-0.25, -0.2) is 9.78 Å². The summed E-state index contributed by atoms with van der Waals surface area (Å²) in [5.74, 6) is 0. The Labute approximate surface area is 143 Å². The van der Waals surface area contributed by atoms with E-state index >= 15 is 0 Å². The lowest BCUT2D eigenvalue weighted by Crippen LogP contribution is -2.45. The Morgan fingerprint density at radius 2 is 2.38 bits per heavy atom. The molecule has 0 saturated heterocycles. The van der Waals surface area contributed by atoms with Crippen LogP contribution in [-0.2, 0) is 13.0 Å². The summed E-state index contributed by atoms with van der Waals surface area (Å²) >= 11 is 1.64. The van der Waals surface area contributed by atoms with Crippen LogP contribution in [-0.4, -0.2) is 32.4 Å². The lowest BCUT2D eigenvalue weighted by Gasteiger charge is -2.35. The van der Waals surface area contributed by atoms with Crippen LogP contribution >= 0.6 is 11.3 Å². The predicted molar refractivity (Wildman–Crippen MR) is 91.6 cm³/mol. The molecule has 0 aromatic carbocycles. The first kappa shape index (κ1) is 14.9. The summed E-state index contributed by atoms with van der Waals surface area (Å²) in [5.41, 5.74) is 2.96. The number of hydrogen-bond donors (Lipinski definition) is 2. The third-order valence-electron chi connectivity index (χ3n) is 4.18. The number of aromatic nitrogens is 3.